The Labute approximate surface area is 150 Å². The fourth-order valence-electron chi connectivity index (χ4n) is 3.70. The predicted octanol–water partition coefficient (Wildman–Crippen LogP) is 1.38. The van der Waals surface area contributed by atoms with Crippen LogP contribution in [0.5, 0.6) is 0 Å². The number of piperidine rings is 1. The van der Waals surface area contributed by atoms with Crippen molar-refractivity contribution < 1.29 is 14.4 Å². The lowest BCUT2D eigenvalue weighted by Crippen LogP contribution is -2.54. The van der Waals surface area contributed by atoms with Crippen LogP contribution in [0.2, 0.25) is 0 Å². The summed E-state index contributed by atoms with van der Waals surface area (Å²) in [5.74, 6) is 0.115. The molecule has 1 aliphatic heterocycles. The molecule has 0 aromatic heterocycles. The summed E-state index contributed by atoms with van der Waals surface area (Å²) in [6.07, 6.45) is 7.29. The number of nitrogens with one attached hydrogen (secondary N) is 3. The molecule has 1 aliphatic carbocycles. The van der Waals surface area contributed by atoms with Crippen molar-refractivity contribution in [2.24, 2.45) is 5.92 Å². The number of imide groups is 1. The van der Waals surface area contributed by atoms with Crippen molar-refractivity contribution in [1.82, 2.24) is 20.9 Å². The maximum Gasteiger partial charge on any atom is 0.321 e. The quantitative estimate of drug-likeness (QED) is 0.697. The molecule has 0 bridgehead atoms. The molecule has 3 N–H and O–H groups in total. The van der Waals surface area contributed by atoms with E-state index in [4.69, 9.17) is 0 Å². The van der Waals surface area contributed by atoms with E-state index in [-0.39, 0.29) is 29.8 Å². The summed E-state index contributed by atoms with van der Waals surface area (Å²) in [7, 11) is 0. The van der Waals surface area contributed by atoms with Crippen molar-refractivity contribution in [1.29, 1.82) is 0 Å². The second kappa shape index (κ2) is 9.75. The molecule has 0 aromatic carbocycles. The monoisotopic (exact) mass is 352 g/mol. The van der Waals surface area contributed by atoms with Crippen molar-refractivity contribution in [3.05, 3.63) is 0 Å². The third kappa shape index (κ3) is 5.99. The maximum atomic E-state index is 12.3. The summed E-state index contributed by atoms with van der Waals surface area (Å²) in [4.78, 5) is 38.0. The number of hydrogen-bond donors (Lipinski definition) is 3. The highest BCUT2D eigenvalue weighted by atomic mass is 16.2. The molecule has 4 amide bonds. The molecule has 1 heterocycles. The van der Waals surface area contributed by atoms with Gasteiger partial charge in [-0.05, 0) is 39.5 Å². The molecule has 142 valence electrons. The van der Waals surface area contributed by atoms with Crippen LogP contribution in [-0.4, -0.2) is 54.5 Å². The lowest BCUT2D eigenvalue weighted by molar-refractivity contribution is -0.128. The number of amides is 4. The van der Waals surface area contributed by atoms with E-state index in [2.05, 4.69) is 20.9 Å². The van der Waals surface area contributed by atoms with Gasteiger partial charge in [-0.25, -0.2) is 4.79 Å². The fraction of sp³-hybridized carbons (Fsp3) is 0.833. The Bertz CT molecular complexity index is 469. The van der Waals surface area contributed by atoms with Crippen LogP contribution in [0.3, 0.4) is 0 Å². The normalized spacial score (nSPS) is 21.4. The van der Waals surface area contributed by atoms with Gasteiger partial charge in [-0.3, -0.25) is 19.8 Å². The minimum absolute atomic E-state index is 0.188. The SMILES string of the molecule is CCNC(=O)NC(=O)C(C)N1CCC(NC(=O)C2CCCCC2)CC1. The second-order valence-corrected chi connectivity index (χ2v) is 7.18. The largest absolute Gasteiger partial charge is 0.353 e. The average molecular weight is 352 g/mol. The van der Waals surface area contributed by atoms with Crippen LogP contribution in [-0.2, 0) is 9.59 Å². The first kappa shape index (κ1) is 19.7. The van der Waals surface area contributed by atoms with E-state index in [9.17, 15) is 14.4 Å². The first-order valence-corrected chi connectivity index (χ1v) is 9.64. The molecule has 7 nitrogen and oxygen atoms in total. The molecular formula is C18H32N4O3. The number of rotatable bonds is 5. The van der Waals surface area contributed by atoms with Crippen LogP contribution in [0.25, 0.3) is 0 Å². The number of hydrogen-bond acceptors (Lipinski definition) is 4. The highest BCUT2D eigenvalue weighted by molar-refractivity contribution is 5.96. The first-order chi connectivity index (χ1) is 12.0. The van der Waals surface area contributed by atoms with E-state index < -0.39 is 6.03 Å². The van der Waals surface area contributed by atoms with Gasteiger partial charge in [0.2, 0.25) is 11.8 Å². The maximum absolute atomic E-state index is 12.3. The molecule has 1 saturated heterocycles. The summed E-state index contributed by atoms with van der Waals surface area (Å²) in [6, 6.07) is -0.601. The molecule has 2 fully saturated rings. The Morgan fingerprint density at radius 3 is 2.28 bits per heavy atom. The van der Waals surface area contributed by atoms with Gasteiger partial charge in [-0.15, -0.1) is 0 Å². The zero-order valence-electron chi connectivity index (χ0n) is 15.5. The van der Waals surface area contributed by atoms with Gasteiger partial charge in [-0.1, -0.05) is 19.3 Å². The average Bonchev–Trinajstić information content (AvgIpc) is 2.62. The minimum Gasteiger partial charge on any atom is -0.353 e. The van der Waals surface area contributed by atoms with Gasteiger partial charge >= 0.3 is 6.03 Å². The Kier molecular flexibility index (Phi) is 7.68. The zero-order valence-corrected chi connectivity index (χ0v) is 15.5. The van der Waals surface area contributed by atoms with Crippen LogP contribution >= 0.6 is 0 Å². The van der Waals surface area contributed by atoms with Gasteiger partial charge in [0, 0.05) is 31.6 Å². The molecule has 2 rings (SSSR count). The minimum atomic E-state index is -0.450. The highest BCUT2D eigenvalue weighted by Gasteiger charge is 2.29. The van der Waals surface area contributed by atoms with E-state index in [0.29, 0.717) is 6.54 Å². The van der Waals surface area contributed by atoms with Crippen molar-refractivity contribution in [2.45, 2.75) is 70.9 Å². The molecule has 1 atom stereocenters. The van der Waals surface area contributed by atoms with Gasteiger partial charge in [0.15, 0.2) is 0 Å². The molecule has 0 aromatic rings. The Hall–Kier alpha value is -1.63. The molecule has 2 aliphatic rings. The lowest BCUT2D eigenvalue weighted by atomic mass is 9.88. The van der Waals surface area contributed by atoms with E-state index >= 15 is 0 Å². The van der Waals surface area contributed by atoms with Gasteiger partial charge < -0.3 is 10.6 Å². The Morgan fingerprint density at radius 1 is 1.04 bits per heavy atom. The van der Waals surface area contributed by atoms with Crippen molar-refractivity contribution in [3.8, 4) is 0 Å². The third-order valence-corrected chi connectivity index (χ3v) is 5.35. The van der Waals surface area contributed by atoms with Crippen LogP contribution in [0.1, 0.15) is 58.8 Å². The summed E-state index contributed by atoms with van der Waals surface area (Å²) in [5, 5.41) is 8.12. The van der Waals surface area contributed by atoms with E-state index in [0.717, 1.165) is 51.6 Å². The number of carbonyl (C=O) groups excluding carboxylic acids is 3. The predicted molar refractivity (Wildman–Crippen MR) is 96.0 cm³/mol. The third-order valence-electron chi connectivity index (χ3n) is 5.35. The van der Waals surface area contributed by atoms with Crippen LogP contribution < -0.4 is 16.0 Å². The molecular weight excluding hydrogens is 320 g/mol. The first-order valence-electron chi connectivity index (χ1n) is 9.64. The molecule has 1 saturated carbocycles. The second-order valence-electron chi connectivity index (χ2n) is 7.18. The van der Waals surface area contributed by atoms with Crippen molar-refractivity contribution in [3.63, 3.8) is 0 Å². The standard InChI is InChI=1S/C18H32N4O3/c1-3-19-18(25)21-16(23)13(2)22-11-9-15(10-12-22)20-17(24)14-7-5-4-6-8-14/h13-15H,3-12H2,1-2H3,(H,20,24)(H2,19,21,23,25). The molecule has 7 heteroatoms. The van der Waals surface area contributed by atoms with Crippen LogP contribution in [0.15, 0.2) is 0 Å². The lowest BCUT2D eigenvalue weighted by Gasteiger charge is -2.36. The van der Waals surface area contributed by atoms with E-state index in [1.54, 1.807) is 6.92 Å². The highest BCUT2D eigenvalue weighted by Crippen LogP contribution is 2.24. The van der Waals surface area contributed by atoms with Crippen molar-refractivity contribution >= 4 is 17.8 Å². The smallest absolute Gasteiger partial charge is 0.321 e. The topological polar surface area (TPSA) is 90.5 Å². The zero-order chi connectivity index (χ0) is 18.2. The Morgan fingerprint density at radius 2 is 1.68 bits per heavy atom. The number of carbonyl (C=O) groups is 3. The van der Waals surface area contributed by atoms with Crippen LogP contribution in [0, 0.1) is 5.92 Å². The Balaban J connectivity index is 1.72. The van der Waals surface area contributed by atoms with E-state index in [1.807, 2.05) is 6.92 Å². The molecule has 1 unspecified atom stereocenters. The van der Waals surface area contributed by atoms with Gasteiger partial charge in [0.1, 0.15) is 0 Å². The summed E-state index contributed by atoms with van der Waals surface area (Å²) >= 11 is 0. The van der Waals surface area contributed by atoms with Gasteiger partial charge in [0.05, 0.1) is 6.04 Å². The van der Waals surface area contributed by atoms with Gasteiger partial charge in [0.25, 0.3) is 0 Å². The molecule has 0 spiro atoms. The van der Waals surface area contributed by atoms with Crippen molar-refractivity contribution in [2.75, 3.05) is 19.6 Å². The summed E-state index contributed by atoms with van der Waals surface area (Å²) in [5.41, 5.74) is 0. The number of urea groups is 1. The fourth-order valence-corrected chi connectivity index (χ4v) is 3.70. The molecule has 0 radical (unpaired) electrons. The summed E-state index contributed by atoms with van der Waals surface area (Å²) in [6.45, 7) is 5.61. The number of likely N-dealkylation sites (tertiary alicyclic amines) is 1. The summed E-state index contributed by atoms with van der Waals surface area (Å²) < 4.78 is 0. The molecule has 25 heavy (non-hydrogen) atoms. The van der Waals surface area contributed by atoms with E-state index in [1.165, 1.54) is 6.42 Å². The van der Waals surface area contributed by atoms with Crippen LogP contribution in [0.4, 0.5) is 4.79 Å². The van der Waals surface area contributed by atoms with Gasteiger partial charge in [-0.2, -0.15) is 0 Å². The number of nitrogens with zero attached hydrogens (tertiary/aromatic N) is 1.